The lowest BCUT2D eigenvalue weighted by Gasteiger charge is -2.14. The van der Waals surface area contributed by atoms with E-state index in [1.165, 1.54) is 4.57 Å². The van der Waals surface area contributed by atoms with Crippen molar-refractivity contribution in [1.82, 2.24) is 9.88 Å². The lowest BCUT2D eigenvalue weighted by atomic mass is 10.2. The Balaban J connectivity index is 1.93. The molecule has 0 aliphatic rings. The summed E-state index contributed by atoms with van der Waals surface area (Å²) in [5, 5.41) is 2.77. The molecule has 7 heteroatoms. The highest BCUT2D eigenvalue weighted by Gasteiger charge is 2.15. The van der Waals surface area contributed by atoms with Crippen LogP contribution in [0.5, 0.6) is 0 Å². The number of benzene rings is 1. The van der Waals surface area contributed by atoms with Crippen LogP contribution in [0.2, 0.25) is 0 Å². The molecular weight excluding hydrogens is 300 g/mol. The van der Waals surface area contributed by atoms with E-state index in [4.69, 9.17) is 9.15 Å². The molecule has 7 nitrogen and oxygen atoms in total. The number of carbonyl (C=O) groups is 2. The lowest BCUT2D eigenvalue weighted by molar-refractivity contribution is -0.149. The minimum absolute atomic E-state index is 0.0710. The van der Waals surface area contributed by atoms with Crippen molar-refractivity contribution in [3.8, 4) is 0 Å². The molecule has 1 N–H and O–H groups in total. The summed E-state index contributed by atoms with van der Waals surface area (Å²) >= 11 is 0. The van der Waals surface area contributed by atoms with Crippen LogP contribution in [0.3, 0.4) is 0 Å². The quantitative estimate of drug-likeness (QED) is 0.780. The highest BCUT2D eigenvalue weighted by molar-refractivity contribution is 5.81. The summed E-state index contributed by atoms with van der Waals surface area (Å²) < 4.78 is 11.1. The number of carbonyl (C=O) groups excluding carboxylic acids is 2. The smallest absolute Gasteiger partial charge is 0.420 e. The monoisotopic (exact) mass is 320 g/mol. The van der Waals surface area contributed by atoms with Gasteiger partial charge in [-0.3, -0.25) is 14.2 Å². The van der Waals surface area contributed by atoms with Gasteiger partial charge in [-0.25, -0.2) is 4.79 Å². The van der Waals surface area contributed by atoms with Gasteiger partial charge in [-0.05, 0) is 25.0 Å². The van der Waals surface area contributed by atoms with Gasteiger partial charge in [0.15, 0.2) is 12.2 Å². The van der Waals surface area contributed by atoms with E-state index in [0.29, 0.717) is 11.1 Å². The summed E-state index contributed by atoms with van der Waals surface area (Å²) in [5.41, 5.74) is 0.910. The van der Waals surface area contributed by atoms with Gasteiger partial charge in [0.2, 0.25) is 0 Å². The molecule has 0 spiro atoms. The number of nitrogens with zero attached hydrogens (tertiary/aromatic N) is 1. The van der Waals surface area contributed by atoms with E-state index in [9.17, 15) is 14.4 Å². The first-order valence-electron chi connectivity index (χ1n) is 7.58. The first kappa shape index (κ1) is 16.8. The molecule has 0 bridgehead atoms. The fraction of sp³-hybridized carbons (Fsp3) is 0.438. The lowest BCUT2D eigenvalue weighted by Crippen LogP contribution is -2.37. The molecule has 0 aliphatic carbocycles. The summed E-state index contributed by atoms with van der Waals surface area (Å²) in [7, 11) is 0. The van der Waals surface area contributed by atoms with E-state index < -0.39 is 11.7 Å². The van der Waals surface area contributed by atoms with Crippen LogP contribution >= 0.6 is 0 Å². The molecular formula is C16H20N2O5. The van der Waals surface area contributed by atoms with Gasteiger partial charge in [0.25, 0.3) is 5.91 Å². The van der Waals surface area contributed by atoms with Crippen molar-refractivity contribution in [2.24, 2.45) is 0 Å². The third-order valence-electron chi connectivity index (χ3n) is 3.58. The Labute approximate surface area is 133 Å². The molecule has 0 saturated carbocycles. The Bertz CT molecular complexity index is 742. The molecule has 0 unspecified atom stereocenters. The van der Waals surface area contributed by atoms with Crippen LogP contribution in [0.25, 0.3) is 11.1 Å². The van der Waals surface area contributed by atoms with Crippen LogP contribution < -0.4 is 11.1 Å². The second kappa shape index (κ2) is 7.62. The number of ether oxygens (including phenoxy) is 1. The maximum Gasteiger partial charge on any atom is 0.420 e. The number of hydrogen-bond donors (Lipinski definition) is 1. The molecule has 0 fully saturated rings. The molecule has 0 saturated heterocycles. The molecule has 1 aromatic carbocycles. The molecule has 1 amide bonds. The van der Waals surface area contributed by atoms with Crippen molar-refractivity contribution in [1.29, 1.82) is 0 Å². The molecule has 23 heavy (non-hydrogen) atoms. The average Bonchev–Trinajstić information content (AvgIpc) is 2.86. The second-order valence-electron chi connectivity index (χ2n) is 5.16. The maximum absolute atomic E-state index is 11.8. The zero-order valence-corrected chi connectivity index (χ0v) is 13.2. The van der Waals surface area contributed by atoms with Crippen molar-refractivity contribution in [2.75, 3.05) is 6.61 Å². The number of nitrogens with one attached hydrogen (secondary N) is 1. The molecule has 2 aromatic rings. The van der Waals surface area contributed by atoms with E-state index >= 15 is 0 Å². The van der Waals surface area contributed by atoms with Crippen LogP contribution in [0.4, 0.5) is 0 Å². The number of oxazole rings is 1. The number of para-hydroxylation sites is 2. The highest BCUT2D eigenvalue weighted by atomic mass is 16.5. The minimum atomic E-state index is -0.668. The van der Waals surface area contributed by atoms with E-state index in [-0.39, 0.29) is 25.1 Å². The van der Waals surface area contributed by atoms with Crippen molar-refractivity contribution >= 4 is 23.0 Å². The normalized spacial score (nSPS) is 10.9. The maximum atomic E-state index is 11.8. The number of aromatic nitrogens is 1. The molecule has 0 atom stereocenters. The third-order valence-corrected chi connectivity index (χ3v) is 3.58. The third kappa shape index (κ3) is 4.21. The highest BCUT2D eigenvalue weighted by Crippen LogP contribution is 2.11. The molecule has 0 radical (unpaired) electrons. The summed E-state index contributed by atoms with van der Waals surface area (Å²) in [4.78, 5) is 35.3. The van der Waals surface area contributed by atoms with Crippen LogP contribution in [0.1, 0.15) is 26.7 Å². The van der Waals surface area contributed by atoms with Gasteiger partial charge < -0.3 is 14.5 Å². The van der Waals surface area contributed by atoms with Crippen molar-refractivity contribution in [3.05, 3.63) is 34.8 Å². The zero-order chi connectivity index (χ0) is 16.8. The Kier molecular flexibility index (Phi) is 5.56. The Morgan fingerprint density at radius 1 is 1.26 bits per heavy atom. The Morgan fingerprint density at radius 2 is 1.96 bits per heavy atom. The van der Waals surface area contributed by atoms with Crippen molar-refractivity contribution in [2.45, 2.75) is 39.3 Å². The predicted molar refractivity (Wildman–Crippen MR) is 83.9 cm³/mol. The topological polar surface area (TPSA) is 90.5 Å². The van der Waals surface area contributed by atoms with Gasteiger partial charge in [-0.2, -0.15) is 0 Å². The number of rotatable bonds is 7. The van der Waals surface area contributed by atoms with E-state index in [0.717, 1.165) is 12.8 Å². The van der Waals surface area contributed by atoms with Crippen LogP contribution in [0, 0.1) is 0 Å². The number of fused-ring (bicyclic) bond motifs is 1. The summed E-state index contributed by atoms with van der Waals surface area (Å²) in [6, 6.07) is 6.86. The fourth-order valence-corrected chi connectivity index (χ4v) is 2.25. The van der Waals surface area contributed by atoms with Gasteiger partial charge in [0.1, 0.15) is 6.54 Å². The van der Waals surface area contributed by atoms with Crippen LogP contribution in [-0.4, -0.2) is 29.1 Å². The number of amides is 1. The summed E-state index contributed by atoms with van der Waals surface area (Å²) in [6.45, 7) is 3.28. The van der Waals surface area contributed by atoms with Gasteiger partial charge in [0.05, 0.1) is 5.52 Å². The Morgan fingerprint density at radius 3 is 2.65 bits per heavy atom. The van der Waals surface area contributed by atoms with Gasteiger partial charge in [-0.15, -0.1) is 0 Å². The molecule has 2 rings (SSSR count). The van der Waals surface area contributed by atoms with Gasteiger partial charge >= 0.3 is 11.7 Å². The van der Waals surface area contributed by atoms with Crippen molar-refractivity contribution in [3.63, 3.8) is 0 Å². The van der Waals surface area contributed by atoms with E-state index in [2.05, 4.69) is 5.32 Å². The van der Waals surface area contributed by atoms with Gasteiger partial charge in [0, 0.05) is 6.04 Å². The number of esters is 1. The fourth-order valence-electron chi connectivity index (χ4n) is 2.25. The molecule has 0 aliphatic heterocycles. The minimum Gasteiger partial charge on any atom is -0.454 e. The molecule has 1 aromatic heterocycles. The van der Waals surface area contributed by atoms with E-state index in [1.54, 1.807) is 24.3 Å². The summed E-state index contributed by atoms with van der Waals surface area (Å²) in [5.74, 6) is -1.65. The average molecular weight is 320 g/mol. The van der Waals surface area contributed by atoms with Crippen molar-refractivity contribution < 1.29 is 18.7 Å². The largest absolute Gasteiger partial charge is 0.454 e. The SMILES string of the molecule is CCC(CC)NC(=O)COC(=O)Cn1c(=O)oc2ccccc21. The summed E-state index contributed by atoms with van der Waals surface area (Å²) in [6.07, 6.45) is 1.62. The zero-order valence-electron chi connectivity index (χ0n) is 13.2. The van der Waals surface area contributed by atoms with Crippen LogP contribution in [0.15, 0.2) is 33.5 Å². The Hall–Kier alpha value is -2.57. The standard InChI is InChI=1S/C16H20N2O5/c1-3-11(4-2)17-14(19)10-22-15(20)9-18-12-7-5-6-8-13(12)23-16(18)21/h5-8,11H,3-4,9-10H2,1-2H3,(H,17,19). The first-order chi connectivity index (χ1) is 11.0. The molecule has 1 heterocycles. The first-order valence-corrected chi connectivity index (χ1v) is 7.58. The molecule has 124 valence electrons. The number of hydrogen-bond acceptors (Lipinski definition) is 5. The second-order valence-corrected chi connectivity index (χ2v) is 5.16. The van der Waals surface area contributed by atoms with Gasteiger partial charge in [-0.1, -0.05) is 26.0 Å². The van der Waals surface area contributed by atoms with E-state index in [1.807, 2.05) is 13.8 Å². The predicted octanol–water partition coefficient (Wildman–Crippen LogP) is 1.44. The van der Waals surface area contributed by atoms with Crippen LogP contribution in [-0.2, 0) is 20.9 Å².